The Balaban J connectivity index is 2.10. The van der Waals surface area contributed by atoms with Crippen molar-refractivity contribution in [3.63, 3.8) is 0 Å². The van der Waals surface area contributed by atoms with Crippen LogP contribution in [0.5, 0.6) is 0 Å². The van der Waals surface area contributed by atoms with E-state index in [1.807, 2.05) is 18.2 Å². The zero-order valence-electron chi connectivity index (χ0n) is 11.4. The second kappa shape index (κ2) is 6.47. The third-order valence-corrected chi connectivity index (χ3v) is 2.88. The number of benzene rings is 1. The van der Waals surface area contributed by atoms with Gasteiger partial charge in [-0.05, 0) is 35.9 Å². The van der Waals surface area contributed by atoms with E-state index < -0.39 is 5.97 Å². The number of hydrogen-bond acceptors (Lipinski definition) is 3. The van der Waals surface area contributed by atoms with Crippen LogP contribution in [0.25, 0.3) is 12.2 Å². The number of nitrogens with one attached hydrogen (secondary N) is 1. The zero-order valence-corrected chi connectivity index (χ0v) is 11.4. The van der Waals surface area contributed by atoms with Gasteiger partial charge in [-0.3, -0.25) is 9.78 Å². The summed E-state index contributed by atoms with van der Waals surface area (Å²) in [7, 11) is 1.59. The first-order valence-electron chi connectivity index (χ1n) is 6.30. The Hall–Kier alpha value is -2.95. The lowest BCUT2D eigenvalue weighted by molar-refractivity contribution is 0.0696. The summed E-state index contributed by atoms with van der Waals surface area (Å²) in [5.74, 6) is -1.13. The van der Waals surface area contributed by atoms with Crippen LogP contribution in [0.4, 0.5) is 0 Å². The van der Waals surface area contributed by atoms with Gasteiger partial charge < -0.3 is 10.4 Å². The molecule has 1 aromatic heterocycles. The van der Waals surface area contributed by atoms with E-state index in [2.05, 4.69) is 10.3 Å². The average Bonchev–Trinajstić information content (AvgIpc) is 2.53. The van der Waals surface area contributed by atoms with Gasteiger partial charge in [0.25, 0.3) is 5.91 Å². The fourth-order valence-electron chi connectivity index (χ4n) is 1.70. The highest BCUT2D eigenvalue weighted by atomic mass is 16.4. The minimum Gasteiger partial charge on any atom is -0.478 e. The Labute approximate surface area is 122 Å². The minimum absolute atomic E-state index is 0.128. The predicted molar refractivity (Wildman–Crippen MR) is 80.0 cm³/mol. The highest BCUT2D eigenvalue weighted by Crippen LogP contribution is 2.09. The number of carbonyl (C=O) groups is 2. The first-order valence-corrected chi connectivity index (χ1v) is 6.30. The van der Waals surface area contributed by atoms with Crippen LogP contribution in [0.1, 0.15) is 32.0 Å². The van der Waals surface area contributed by atoms with E-state index in [1.165, 1.54) is 12.3 Å². The van der Waals surface area contributed by atoms with E-state index >= 15 is 0 Å². The summed E-state index contributed by atoms with van der Waals surface area (Å²) in [5.41, 5.74) is 2.34. The Kier molecular flexibility index (Phi) is 4.46. The van der Waals surface area contributed by atoms with Crippen LogP contribution in [-0.4, -0.2) is 29.0 Å². The SMILES string of the molecule is CNC(=O)c1ccc(C=Cc2ccc(C(=O)O)cn2)cc1. The number of aromatic carboxylic acids is 1. The van der Waals surface area contributed by atoms with Gasteiger partial charge in [-0.1, -0.05) is 18.2 Å². The molecule has 2 N–H and O–H groups in total. The van der Waals surface area contributed by atoms with Gasteiger partial charge in [-0.25, -0.2) is 4.79 Å². The molecule has 0 unspecified atom stereocenters. The van der Waals surface area contributed by atoms with Crippen LogP contribution in [0.2, 0.25) is 0 Å². The molecule has 1 amide bonds. The second-order valence-electron chi connectivity index (χ2n) is 4.31. The maximum absolute atomic E-state index is 11.4. The zero-order chi connectivity index (χ0) is 15.2. The average molecular weight is 282 g/mol. The molecule has 2 rings (SSSR count). The molecular formula is C16H14N2O3. The summed E-state index contributed by atoms with van der Waals surface area (Å²) < 4.78 is 0. The molecule has 5 heteroatoms. The Morgan fingerprint density at radius 1 is 1.05 bits per heavy atom. The fourth-order valence-corrected chi connectivity index (χ4v) is 1.70. The normalized spacial score (nSPS) is 10.5. The molecule has 0 aliphatic rings. The largest absolute Gasteiger partial charge is 0.478 e. The summed E-state index contributed by atoms with van der Waals surface area (Å²) in [4.78, 5) is 26.2. The third-order valence-electron chi connectivity index (χ3n) is 2.88. The second-order valence-corrected chi connectivity index (χ2v) is 4.31. The molecule has 106 valence electrons. The molecule has 0 aliphatic carbocycles. The standard InChI is InChI=1S/C16H14N2O3/c1-17-15(19)12-5-2-11(3-6-12)4-8-14-9-7-13(10-18-14)16(20)21/h2-10H,1H3,(H,17,19)(H,20,21). The quantitative estimate of drug-likeness (QED) is 0.902. The lowest BCUT2D eigenvalue weighted by Gasteiger charge is -2.00. The van der Waals surface area contributed by atoms with E-state index in [0.717, 1.165) is 5.56 Å². The molecule has 0 aliphatic heterocycles. The van der Waals surface area contributed by atoms with Gasteiger partial charge in [-0.15, -0.1) is 0 Å². The number of pyridine rings is 1. The number of aromatic nitrogens is 1. The Bertz CT molecular complexity index is 674. The van der Waals surface area contributed by atoms with Gasteiger partial charge in [0, 0.05) is 18.8 Å². The van der Waals surface area contributed by atoms with Crippen molar-refractivity contribution in [2.24, 2.45) is 0 Å². The van der Waals surface area contributed by atoms with Crippen molar-refractivity contribution < 1.29 is 14.7 Å². The van der Waals surface area contributed by atoms with Crippen molar-refractivity contribution >= 4 is 24.0 Å². The number of nitrogens with zero attached hydrogens (tertiary/aromatic N) is 1. The van der Waals surface area contributed by atoms with Gasteiger partial charge >= 0.3 is 5.97 Å². The van der Waals surface area contributed by atoms with Gasteiger partial charge in [0.05, 0.1) is 11.3 Å². The first kappa shape index (κ1) is 14.5. The van der Waals surface area contributed by atoms with Crippen LogP contribution in [0, 0.1) is 0 Å². The maximum atomic E-state index is 11.4. The lowest BCUT2D eigenvalue weighted by atomic mass is 10.1. The van der Waals surface area contributed by atoms with E-state index in [0.29, 0.717) is 11.3 Å². The molecule has 0 bridgehead atoms. The molecule has 5 nitrogen and oxygen atoms in total. The van der Waals surface area contributed by atoms with Gasteiger partial charge in [0.1, 0.15) is 0 Å². The summed E-state index contributed by atoms with van der Waals surface area (Å²) in [6.07, 6.45) is 4.94. The molecule has 0 radical (unpaired) electrons. The van der Waals surface area contributed by atoms with Gasteiger partial charge in [0.2, 0.25) is 0 Å². The third kappa shape index (κ3) is 3.76. The maximum Gasteiger partial charge on any atom is 0.337 e. The van der Waals surface area contributed by atoms with Crippen LogP contribution < -0.4 is 5.32 Å². The number of carboxylic acid groups (broad SMARTS) is 1. The number of carboxylic acids is 1. The van der Waals surface area contributed by atoms with Crippen molar-refractivity contribution in [1.29, 1.82) is 0 Å². The molecule has 0 saturated heterocycles. The number of rotatable bonds is 4. The molecule has 0 fully saturated rings. The molecule has 0 atom stereocenters. The molecule has 0 saturated carbocycles. The predicted octanol–water partition coefficient (Wildman–Crippen LogP) is 2.31. The van der Waals surface area contributed by atoms with Crippen molar-refractivity contribution in [2.75, 3.05) is 7.05 Å². The molecule has 2 aromatic rings. The smallest absolute Gasteiger partial charge is 0.337 e. The summed E-state index contributed by atoms with van der Waals surface area (Å²) >= 11 is 0. The molecule has 0 spiro atoms. The fraction of sp³-hybridized carbons (Fsp3) is 0.0625. The van der Waals surface area contributed by atoms with Crippen LogP contribution in [0.15, 0.2) is 42.6 Å². The van der Waals surface area contributed by atoms with Gasteiger partial charge in [0.15, 0.2) is 0 Å². The summed E-state index contributed by atoms with van der Waals surface area (Å²) in [6, 6.07) is 10.3. The topological polar surface area (TPSA) is 79.3 Å². The first-order chi connectivity index (χ1) is 10.1. The molecular weight excluding hydrogens is 268 g/mol. The van der Waals surface area contributed by atoms with Crippen molar-refractivity contribution in [1.82, 2.24) is 10.3 Å². The lowest BCUT2D eigenvalue weighted by Crippen LogP contribution is -2.17. The van der Waals surface area contributed by atoms with E-state index in [-0.39, 0.29) is 11.5 Å². The Morgan fingerprint density at radius 3 is 2.24 bits per heavy atom. The van der Waals surface area contributed by atoms with Crippen molar-refractivity contribution in [3.05, 3.63) is 65.0 Å². The summed E-state index contributed by atoms with van der Waals surface area (Å²) in [5, 5.41) is 11.3. The molecule has 1 aromatic carbocycles. The van der Waals surface area contributed by atoms with E-state index in [9.17, 15) is 9.59 Å². The Morgan fingerprint density at radius 2 is 1.71 bits per heavy atom. The molecule has 1 heterocycles. The van der Waals surface area contributed by atoms with Crippen LogP contribution >= 0.6 is 0 Å². The number of amides is 1. The highest BCUT2D eigenvalue weighted by molar-refractivity contribution is 5.94. The number of carbonyl (C=O) groups excluding carboxylic acids is 1. The highest BCUT2D eigenvalue weighted by Gasteiger charge is 2.02. The van der Waals surface area contributed by atoms with Crippen LogP contribution in [0.3, 0.4) is 0 Å². The monoisotopic (exact) mass is 282 g/mol. The number of hydrogen-bond donors (Lipinski definition) is 2. The van der Waals surface area contributed by atoms with Gasteiger partial charge in [-0.2, -0.15) is 0 Å². The van der Waals surface area contributed by atoms with Crippen molar-refractivity contribution in [2.45, 2.75) is 0 Å². The summed E-state index contributed by atoms with van der Waals surface area (Å²) in [6.45, 7) is 0. The van der Waals surface area contributed by atoms with Crippen molar-refractivity contribution in [3.8, 4) is 0 Å². The molecule has 21 heavy (non-hydrogen) atoms. The van der Waals surface area contributed by atoms with Crippen LogP contribution in [-0.2, 0) is 0 Å². The minimum atomic E-state index is -0.997. The van der Waals surface area contributed by atoms with E-state index in [4.69, 9.17) is 5.11 Å². The van der Waals surface area contributed by atoms with E-state index in [1.54, 1.807) is 31.3 Å².